The van der Waals surface area contributed by atoms with Crippen molar-refractivity contribution in [2.45, 2.75) is 19.4 Å². The Balaban J connectivity index is 1.63. The minimum atomic E-state index is -0.912. The number of rotatable bonds is 7. The fourth-order valence-electron chi connectivity index (χ4n) is 2.94. The minimum Gasteiger partial charge on any atom is -0.340 e. The van der Waals surface area contributed by atoms with Crippen LogP contribution in [0.2, 0.25) is 0 Å². The molecule has 9 nitrogen and oxygen atoms in total. The number of nitrogens with one attached hydrogen (secondary N) is 4. The number of pyridine rings is 1. The molecule has 1 atom stereocenters. The molecule has 0 radical (unpaired) electrons. The summed E-state index contributed by atoms with van der Waals surface area (Å²) in [5.41, 5.74) is 5.84. The zero-order valence-corrected chi connectivity index (χ0v) is 17.9. The lowest BCUT2D eigenvalue weighted by atomic mass is 10.1. The Bertz CT molecular complexity index is 1140. The zero-order valence-electron chi connectivity index (χ0n) is 17.9. The van der Waals surface area contributed by atoms with Gasteiger partial charge in [0.25, 0.3) is 23.6 Å². The SMILES string of the molecule is CC[C@@H](NC(=O)c1ccccc1NC(=O)c1ccccc1)C(=O)NNC(=O)c1cccnc1. The van der Waals surface area contributed by atoms with Crippen LogP contribution in [0.1, 0.15) is 44.4 Å². The van der Waals surface area contributed by atoms with Crippen LogP contribution in [-0.2, 0) is 4.79 Å². The Morgan fingerprint density at radius 1 is 0.788 bits per heavy atom. The van der Waals surface area contributed by atoms with E-state index < -0.39 is 23.8 Å². The molecule has 0 saturated carbocycles. The topological polar surface area (TPSA) is 129 Å². The van der Waals surface area contributed by atoms with Crippen molar-refractivity contribution in [3.05, 3.63) is 95.8 Å². The highest BCUT2D eigenvalue weighted by atomic mass is 16.2. The molecule has 0 aliphatic carbocycles. The number of amides is 4. The molecule has 1 aromatic heterocycles. The van der Waals surface area contributed by atoms with Gasteiger partial charge in [0.1, 0.15) is 6.04 Å². The van der Waals surface area contributed by atoms with Gasteiger partial charge in [0.2, 0.25) is 0 Å². The lowest BCUT2D eigenvalue weighted by molar-refractivity contribution is -0.123. The highest BCUT2D eigenvalue weighted by Crippen LogP contribution is 2.17. The molecular weight excluding hydrogens is 422 g/mol. The lowest BCUT2D eigenvalue weighted by Crippen LogP contribution is -2.52. The molecule has 4 N–H and O–H groups in total. The van der Waals surface area contributed by atoms with Gasteiger partial charge in [-0.05, 0) is 42.8 Å². The normalized spacial score (nSPS) is 11.1. The second-order valence-electron chi connectivity index (χ2n) is 6.99. The Morgan fingerprint density at radius 3 is 2.18 bits per heavy atom. The van der Waals surface area contributed by atoms with E-state index in [1.165, 1.54) is 12.4 Å². The van der Waals surface area contributed by atoms with Crippen LogP contribution in [0.4, 0.5) is 5.69 Å². The van der Waals surface area contributed by atoms with Crippen molar-refractivity contribution in [1.29, 1.82) is 0 Å². The Hall–Kier alpha value is -4.53. The van der Waals surface area contributed by atoms with E-state index in [0.29, 0.717) is 11.3 Å². The second-order valence-corrected chi connectivity index (χ2v) is 6.99. The van der Waals surface area contributed by atoms with E-state index in [1.54, 1.807) is 73.7 Å². The van der Waals surface area contributed by atoms with E-state index in [4.69, 9.17) is 0 Å². The molecular formula is C24H23N5O4. The molecule has 0 aliphatic heterocycles. The third-order valence-electron chi connectivity index (χ3n) is 4.71. The maximum atomic E-state index is 12.9. The van der Waals surface area contributed by atoms with Crippen molar-refractivity contribution in [1.82, 2.24) is 21.2 Å². The summed E-state index contributed by atoms with van der Waals surface area (Å²) in [7, 11) is 0. The molecule has 0 saturated heterocycles. The number of para-hydroxylation sites is 1. The molecule has 0 fully saturated rings. The number of carbonyl (C=O) groups excluding carboxylic acids is 4. The van der Waals surface area contributed by atoms with Gasteiger partial charge in [0.15, 0.2) is 0 Å². The van der Waals surface area contributed by atoms with Gasteiger partial charge in [-0.25, -0.2) is 0 Å². The summed E-state index contributed by atoms with van der Waals surface area (Å²) < 4.78 is 0. The highest BCUT2D eigenvalue weighted by Gasteiger charge is 2.22. The molecule has 4 amide bonds. The van der Waals surface area contributed by atoms with Crippen LogP contribution >= 0.6 is 0 Å². The third kappa shape index (κ3) is 6.23. The van der Waals surface area contributed by atoms with Crippen LogP contribution in [0.5, 0.6) is 0 Å². The van der Waals surface area contributed by atoms with Gasteiger partial charge in [0, 0.05) is 18.0 Å². The summed E-state index contributed by atoms with van der Waals surface area (Å²) in [5.74, 6) is -2.03. The standard InChI is InChI=1S/C24H23N5O4/c1-2-19(24(33)29-28-22(31)17-11-8-14-25-15-17)26-23(32)18-12-6-7-13-20(18)27-21(30)16-9-4-3-5-10-16/h3-15,19H,2H2,1H3,(H,26,32)(H,27,30)(H,28,31)(H,29,33)/t19-/m1/s1. The molecule has 0 aliphatic rings. The number of anilines is 1. The van der Waals surface area contributed by atoms with Gasteiger partial charge in [-0.1, -0.05) is 37.3 Å². The molecule has 3 aromatic rings. The summed E-state index contributed by atoms with van der Waals surface area (Å²) in [6.07, 6.45) is 3.16. The van der Waals surface area contributed by atoms with E-state index in [2.05, 4.69) is 26.5 Å². The minimum absolute atomic E-state index is 0.201. The summed E-state index contributed by atoms with van der Waals surface area (Å²) in [4.78, 5) is 53.8. The van der Waals surface area contributed by atoms with Gasteiger partial charge in [-0.15, -0.1) is 0 Å². The Labute approximate surface area is 190 Å². The number of hydrogen-bond donors (Lipinski definition) is 4. The highest BCUT2D eigenvalue weighted by molar-refractivity contribution is 6.09. The largest absolute Gasteiger partial charge is 0.340 e. The third-order valence-corrected chi connectivity index (χ3v) is 4.71. The molecule has 0 spiro atoms. The number of carbonyl (C=O) groups is 4. The van der Waals surface area contributed by atoms with Crippen LogP contribution in [0, 0.1) is 0 Å². The number of nitrogens with zero attached hydrogens (tertiary/aromatic N) is 1. The molecule has 9 heteroatoms. The first-order chi connectivity index (χ1) is 16.0. The van der Waals surface area contributed by atoms with Gasteiger partial charge >= 0.3 is 0 Å². The van der Waals surface area contributed by atoms with Crippen molar-refractivity contribution < 1.29 is 19.2 Å². The number of benzene rings is 2. The lowest BCUT2D eigenvalue weighted by Gasteiger charge is -2.18. The van der Waals surface area contributed by atoms with E-state index >= 15 is 0 Å². The maximum absolute atomic E-state index is 12.9. The van der Waals surface area contributed by atoms with Gasteiger partial charge < -0.3 is 10.6 Å². The summed E-state index contributed by atoms with van der Waals surface area (Å²) >= 11 is 0. The fraction of sp³-hybridized carbons (Fsp3) is 0.125. The second kappa shape index (κ2) is 11.2. The van der Waals surface area contributed by atoms with Gasteiger partial charge in [-0.3, -0.25) is 35.0 Å². The average Bonchev–Trinajstić information content (AvgIpc) is 2.86. The summed E-state index contributed by atoms with van der Waals surface area (Å²) in [6.45, 7) is 1.72. The van der Waals surface area contributed by atoms with Gasteiger partial charge in [0.05, 0.1) is 16.8 Å². The maximum Gasteiger partial charge on any atom is 0.271 e. The predicted molar refractivity (Wildman–Crippen MR) is 122 cm³/mol. The van der Waals surface area contributed by atoms with Crippen molar-refractivity contribution in [3.63, 3.8) is 0 Å². The van der Waals surface area contributed by atoms with E-state index in [1.807, 2.05) is 0 Å². The smallest absolute Gasteiger partial charge is 0.271 e. The first-order valence-corrected chi connectivity index (χ1v) is 10.3. The Morgan fingerprint density at radius 2 is 1.48 bits per heavy atom. The number of hydrogen-bond acceptors (Lipinski definition) is 5. The molecule has 168 valence electrons. The summed E-state index contributed by atoms with van der Waals surface area (Å²) in [6, 6.07) is 17.3. The van der Waals surface area contributed by atoms with Crippen LogP contribution in [0.3, 0.4) is 0 Å². The van der Waals surface area contributed by atoms with Crippen LogP contribution in [0.25, 0.3) is 0 Å². The first-order valence-electron chi connectivity index (χ1n) is 10.3. The van der Waals surface area contributed by atoms with Crippen molar-refractivity contribution in [2.75, 3.05) is 5.32 Å². The quantitative estimate of drug-likeness (QED) is 0.415. The average molecular weight is 445 g/mol. The van der Waals surface area contributed by atoms with E-state index in [-0.39, 0.29) is 23.5 Å². The van der Waals surface area contributed by atoms with Gasteiger partial charge in [-0.2, -0.15) is 0 Å². The zero-order chi connectivity index (χ0) is 23.6. The van der Waals surface area contributed by atoms with Crippen LogP contribution < -0.4 is 21.5 Å². The molecule has 0 bridgehead atoms. The molecule has 33 heavy (non-hydrogen) atoms. The number of hydrazine groups is 1. The molecule has 2 aromatic carbocycles. The Kier molecular flexibility index (Phi) is 7.85. The summed E-state index contributed by atoms with van der Waals surface area (Å²) in [5, 5.41) is 5.36. The van der Waals surface area contributed by atoms with Crippen molar-refractivity contribution in [2.24, 2.45) is 0 Å². The van der Waals surface area contributed by atoms with Crippen molar-refractivity contribution >= 4 is 29.3 Å². The molecule has 3 rings (SSSR count). The molecule has 1 heterocycles. The van der Waals surface area contributed by atoms with E-state index in [0.717, 1.165) is 0 Å². The number of aromatic nitrogens is 1. The first kappa shape index (κ1) is 23.1. The van der Waals surface area contributed by atoms with Crippen LogP contribution in [0.15, 0.2) is 79.1 Å². The van der Waals surface area contributed by atoms with E-state index in [9.17, 15) is 19.2 Å². The van der Waals surface area contributed by atoms with Crippen molar-refractivity contribution in [3.8, 4) is 0 Å². The fourth-order valence-corrected chi connectivity index (χ4v) is 2.94. The van der Waals surface area contributed by atoms with Crippen LogP contribution in [-0.4, -0.2) is 34.7 Å². The monoisotopic (exact) mass is 445 g/mol. The predicted octanol–water partition coefficient (Wildman–Crippen LogP) is 2.30. The molecule has 0 unspecified atom stereocenters.